The summed E-state index contributed by atoms with van der Waals surface area (Å²) in [5.41, 5.74) is 8.63. The van der Waals surface area contributed by atoms with Crippen molar-refractivity contribution < 1.29 is 19.3 Å². The molecule has 154 valence electrons. The highest BCUT2D eigenvalue weighted by Crippen LogP contribution is 2.33. The van der Waals surface area contributed by atoms with Gasteiger partial charge in [-0.15, -0.1) is 0 Å². The summed E-state index contributed by atoms with van der Waals surface area (Å²) in [5.74, 6) is 0.303. The van der Waals surface area contributed by atoms with Crippen molar-refractivity contribution in [3.8, 4) is 0 Å². The van der Waals surface area contributed by atoms with Crippen LogP contribution in [0.3, 0.4) is 0 Å². The Labute approximate surface area is 167 Å². The number of aliphatic hydroxyl groups excluding tert-OH is 2. The highest BCUT2D eigenvalue weighted by molar-refractivity contribution is 7.36. The maximum absolute atomic E-state index is 12.1. The van der Waals surface area contributed by atoms with Gasteiger partial charge in [-0.1, -0.05) is 30.3 Å². The number of nitrogens with two attached hydrogens (primary N) is 1. The molecule has 4 rings (SSSR count). The molecule has 1 aromatic carbocycles. The molecule has 10 nitrogen and oxygen atoms in total. The number of rotatable bonds is 7. The standard InChI is InChI=1S/C18H23N6O4P/c19-18-15-13(21-9-22-18)11(7-20-15)14-17(26)16(25)12(24-14)8-28-29(27)23-6-10-4-2-1-3-5-10/h1-5,7,9,12,14,16-17,20,24-26,29H,6,8H2,(H,23,27)(H2,19,21,22)/t12-,14+,16-,17+/m1/s1. The molecule has 5 atom stereocenters. The van der Waals surface area contributed by atoms with Crippen LogP contribution in [0.25, 0.3) is 11.0 Å². The van der Waals surface area contributed by atoms with Gasteiger partial charge in [-0.25, -0.2) is 15.1 Å². The number of nitrogens with one attached hydrogen (secondary N) is 3. The molecule has 1 aliphatic rings. The van der Waals surface area contributed by atoms with Crippen LogP contribution in [0.5, 0.6) is 0 Å². The Morgan fingerprint density at radius 2 is 2.00 bits per heavy atom. The molecule has 0 saturated carbocycles. The van der Waals surface area contributed by atoms with Gasteiger partial charge < -0.3 is 30.8 Å². The first-order valence-electron chi connectivity index (χ1n) is 9.19. The van der Waals surface area contributed by atoms with Crippen LogP contribution in [0.4, 0.5) is 5.82 Å². The van der Waals surface area contributed by atoms with Gasteiger partial charge in [-0.05, 0) is 5.56 Å². The van der Waals surface area contributed by atoms with Crippen molar-refractivity contribution in [2.24, 2.45) is 0 Å². The number of hydrogen-bond donors (Lipinski definition) is 6. The van der Waals surface area contributed by atoms with Gasteiger partial charge in [0, 0.05) is 18.3 Å². The second-order valence-corrected chi connectivity index (χ2v) is 8.11. The average molecular weight is 418 g/mol. The number of aromatic amines is 1. The number of H-pyrrole nitrogens is 1. The van der Waals surface area contributed by atoms with Crippen molar-refractivity contribution >= 4 is 25.0 Å². The van der Waals surface area contributed by atoms with Crippen molar-refractivity contribution in [3.05, 3.63) is 54.0 Å². The Morgan fingerprint density at radius 1 is 1.21 bits per heavy atom. The number of fused-ring (bicyclic) bond motifs is 1. The zero-order valence-electron chi connectivity index (χ0n) is 15.4. The first-order chi connectivity index (χ1) is 14.0. The van der Waals surface area contributed by atoms with Crippen LogP contribution in [0.2, 0.25) is 0 Å². The molecule has 0 amide bonds. The van der Waals surface area contributed by atoms with Gasteiger partial charge in [0.15, 0.2) is 5.82 Å². The Kier molecular flexibility index (Phi) is 5.91. The molecule has 7 N–H and O–H groups in total. The minimum atomic E-state index is -2.50. The lowest BCUT2D eigenvalue weighted by Crippen LogP contribution is -2.36. The topological polar surface area (TPSA) is 158 Å². The predicted molar refractivity (Wildman–Crippen MR) is 108 cm³/mol. The third-order valence-corrected chi connectivity index (χ3v) is 5.92. The van der Waals surface area contributed by atoms with E-state index in [1.165, 1.54) is 6.33 Å². The molecule has 0 spiro atoms. The highest BCUT2D eigenvalue weighted by Gasteiger charge is 2.43. The van der Waals surface area contributed by atoms with E-state index in [1.807, 2.05) is 30.3 Å². The minimum absolute atomic E-state index is 0.0200. The number of benzene rings is 1. The molecule has 3 aromatic rings. The third-order valence-electron chi connectivity index (χ3n) is 5.03. The van der Waals surface area contributed by atoms with Crippen molar-refractivity contribution in [1.29, 1.82) is 0 Å². The SMILES string of the molecule is Nc1ncnc2c([C@@H]3N[C@H](CO[PH](=O)NCc4ccccc4)[C@@H](O)[C@H]3O)c[nH]c12. The van der Waals surface area contributed by atoms with Crippen LogP contribution in [-0.2, 0) is 15.6 Å². The summed E-state index contributed by atoms with van der Waals surface area (Å²) < 4.78 is 17.5. The summed E-state index contributed by atoms with van der Waals surface area (Å²) in [7, 11) is -2.50. The lowest BCUT2D eigenvalue weighted by Gasteiger charge is -2.15. The lowest BCUT2D eigenvalue weighted by molar-refractivity contribution is 0.0217. The van der Waals surface area contributed by atoms with Crippen molar-refractivity contribution in [3.63, 3.8) is 0 Å². The second-order valence-electron chi connectivity index (χ2n) is 6.90. The van der Waals surface area contributed by atoms with Gasteiger partial charge in [0.2, 0.25) is 0 Å². The minimum Gasteiger partial charge on any atom is -0.389 e. The zero-order valence-corrected chi connectivity index (χ0v) is 16.4. The summed E-state index contributed by atoms with van der Waals surface area (Å²) in [6.07, 6.45) is 0.848. The molecule has 0 radical (unpaired) electrons. The van der Waals surface area contributed by atoms with Crippen molar-refractivity contribution in [1.82, 2.24) is 25.4 Å². The van der Waals surface area contributed by atoms with E-state index in [2.05, 4.69) is 25.4 Å². The Balaban J connectivity index is 1.37. The number of anilines is 1. The highest BCUT2D eigenvalue weighted by atomic mass is 31.1. The molecular formula is C18H23N6O4P. The molecule has 1 saturated heterocycles. The quantitative estimate of drug-likeness (QED) is 0.300. The van der Waals surface area contributed by atoms with E-state index < -0.39 is 32.5 Å². The van der Waals surface area contributed by atoms with Crippen LogP contribution in [-0.4, -0.2) is 50.0 Å². The van der Waals surface area contributed by atoms with Crippen LogP contribution in [0.1, 0.15) is 17.2 Å². The largest absolute Gasteiger partial charge is 0.389 e. The van der Waals surface area contributed by atoms with Crippen LogP contribution < -0.4 is 16.1 Å². The van der Waals surface area contributed by atoms with E-state index >= 15 is 0 Å². The fraction of sp³-hybridized carbons (Fsp3) is 0.333. The molecule has 1 fully saturated rings. The molecule has 1 unspecified atom stereocenters. The normalized spacial score (nSPS) is 25.4. The molecule has 3 heterocycles. The lowest BCUT2D eigenvalue weighted by atomic mass is 10.0. The van der Waals surface area contributed by atoms with Gasteiger partial charge in [0.25, 0.3) is 8.18 Å². The van der Waals surface area contributed by atoms with Gasteiger partial charge in [-0.2, -0.15) is 0 Å². The van der Waals surface area contributed by atoms with Gasteiger partial charge in [-0.3, -0.25) is 4.57 Å². The van der Waals surface area contributed by atoms with Gasteiger partial charge in [0.05, 0.1) is 30.3 Å². The third kappa shape index (κ3) is 4.18. The van der Waals surface area contributed by atoms with E-state index in [1.54, 1.807) is 6.20 Å². The van der Waals surface area contributed by atoms with E-state index in [9.17, 15) is 14.8 Å². The Morgan fingerprint density at radius 3 is 2.79 bits per heavy atom. The van der Waals surface area contributed by atoms with Crippen molar-refractivity contribution in [2.75, 3.05) is 12.3 Å². The summed E-state index contributed by atoms with van der Waals surface area (Å²) >= 11 is 0. The molecule has 0 aliphatic carbocycles. The van der Waals surface area contributed by atoms with Gasteiger partial charge >= 0.3 is 0 Å². The molecule has 29 heavy (non-hydrogen) atoms. The predicted octanol–water partition coefficient (Wildman–Crippen LogP) is 0.471. The van der Waals surface area contributed by atoms with E-state index in [0.717, 1.165) is 5.56 Å². The maximum atomic E-state index is 12.1. The van der Waals surface area contributed by atoms with Crippen LogP contribution >= 0.6 is 8.18 Å². The summed E-state index contributed by atoms with van der Waals surface area (Å²) in [5, 5.41) is 26.9. The van der Waals surface area contributed by atoms with Crippen molar-refractivity contribution in [2.45, 2.75) is 30.8 Å². The number of nitrogen functional groups attached to an aromatic ring is 1. The van der Waals surface area contributed by atoms with Crippen LogP contribution in [0, 0.1) is 0 Å². The molecule has 0 bridgehead atoms. The molecule has 1 aliphatic heterocycles. The Hall–Kier alpha value is -2.33. The van der Waals surface area contributed by atoms with E-state index in [4.69, 9.17) is 10.3 Å². The van der Waals surface area contributed by atoms with E-state index in [-0.39, 0.29) is 6.61 Å². The zero-order chi connectivity index (χ0) is 20.4. The van der Waals surface area contributed by atoms with E-state index in [0.29, 0.717) is 29.0 Å². The second kappa shape index (κ2) is 8.58. The molecular weight excluding hydrogens is 395 g/mol. The number of aromatic nitrogens is 3. The summed E-state index contributed by atoms with van der Waals surface area (Å²) in [6.45, 7) is 0.398. The smallest absolute Gasteiger partial charge is 0.258 e. The summed E-state index contributed by atoms with van der Waals surface area (Å²) in [6, 6.07) is 8.38. The first kappa shape index (κ1) is 20.0. The van der Waals surface area contributed by atoms with Gasteiger partial charge in [0.1, 0.15) is 17.9 Å². The average Bonchev–Trinajstić information content (AvgIpc) is 3.28. The first-order valence-corrected chi connectivity index (χ1v) is 10.5. The number of hydrogen-bond acceptors (Lipinski definition) is 8. The number of aliphatic hydroxyl groups is 2. The number of nitrogens with zero attached hydrogens (tertiary/aromatic N) is 2. The maximum Gasteiger partial charge on any atom is 0.258 e. The van der Waals surface area contributed by atoms with Crippen LogP contribution in [0.15, 0.2) is 42.9 Å². The Bertz CT molecular complexity index is 1000. The molecule has 11 heteroatoms. The molecule has 2 aromatic heterocycles. The fourth-order valence-electron chi connectivity index (χ4n) is 3.49. The monoisotopic (exact) mass is 418 g/mol. The summed E-state index contributed by atoms with van der Waals surface area (Å²) in [4.78, 5) is 11.1. The fourth-order valence-corrected chi connectivity index (χ4v) is 4.27.